The molecular weight excluding hydrogens is 461 g/mol. The number of hydrogen-bond donors (Lipinski definition) is 1. The third-order valence-electron chi connectivity index (χ3n) is 5.93. The first-order chi connectivity index (χ1) is 17.6. The van der Waals surface area contributed by atoms with Gasteiger partial charge in [0.1, 0.15) is 18.2 Å². The van der Waals surface area contributed by atoms with Gasteiger partial charge in [-0.25, -0.2) is 4.39 Å². The molecular formula is C29H32FNO5. The van der Waals surface area contributed by atoms with Crippen LogP contribution in [0.25, 0.3) is 0 Å². The molecule has 1 aliphatic rings. The van der Waals surface area contributed by atoms with Crippen molar-refractivity contribution in [3.8, 4) is 0 Å². The maximum atomic E-state index is 15.8. The predicted molar refractivity (Wildman–Crippen MR) is 134 cm³/mol. The summed E-state index contributed by atoms with van der Waals surface area (Å²) in [6, 6.07) is 27.9. The summed E-state index contributed by atoms with van der Waals surface area (Å²) < 4.78 is 39.8. The van der Waals surface area contributed by atoms with E-state index in [1.807, 2.05) is 91.0 Å². The van der Waals surface area contributed by atoms with Crippen molar-refractivity contribution in [1.82, 2.24) is 5.32 Å². The maximum Gasteiger partial charge on any atom is 0.217 e. The minimum atomic E-state index is -1.54. The van der Waals surface area contributed by atoms with Crippen molar-refractivity contribution < 1.29 is 28.1 Å². The predicted octanol–water partition coefficient (Wildman–Crippen LogP) is 4.57. The highest BCUT2D eigenvalue weighted by atomic mass is 19.1. The molecule has 0 bridgehead atoms. The monoisotopic (exact) mass is 493 g/mol. The summed E-state index contributed by atoms with van der Waals surface area (Å²) in [6.07, 6.45) is -4.39. The molecule has 0 unspecified atom stereocenters. The van der Waals surface area contributed by atoms with Gasteiger partial charge in [0, 0.05) is 6.92 Å². The lowest BCUT2D eigenvalue weighted by atomic mass is 9.97. The SMILES string of the molecule is CC(=O)N[C@@H]1[C@@H](OCc2ccccc2)O[C@H](COCc2ccccc2)[C@@H](F)[C@@H]1OCc1ccccc1. The Balaban J connectivity index is 1.49. The van der Waals surface area contributed by atoms with Gasteiger partial charge in [-0.3, -0.25) is 4.79 Å². The van der Waals surface area contributed by atoms with Gasteiger partial charge in [0.05, 0.1) is 26.4 Å². The van der Waals surface area contributed by atoms with Crippen LogP contribution in [0.3, 0.4) is 0 Å². The van der Waals surface area contributed by atoms with E-state index in [2.05, 4.69) is 5.32 Å². The quantitative estimate of drug-likeness (QED) is 0.424. The number of halogens is 1. The molecule has 0 spiro atoms. The lowest BCUT2D eigenvalue weighted by molar-refractivity contribution is -0.273. The number of alkyl halides is 1. The van der Waals surface area contributed by atoms with Crippen molar-refractivity contribution in [3.05, 3.63) is 108 Å². The summed E-state index contributed by atoms with van der Waals surface area (Å²) in [4.78, 5) is 12.0. The summed E-state index contributed by atoms with van der Waals surface area (Å²) in [5.41, 5.74) is 2.81. The number of ether oxygens (including phenoxy) is 4. The van der Waals surface area contributed by atoms with E-state index in [-0.39, 0.29) is 25.7 Å². The molecule has 0 saturated carbocycles. The van der Waals surface area contributed by atoms with Gasteiger partial charge < -0.3 is 24.3 Å². The number of benzene rings is 3. The summed E-state index contributed by atoms with van der Waals surface area (Å²) in [5, 5.41) is 2.79. The maximum absolute atomic E-state index is 15.8. The topological polar surface area (TPSA) is 66.0 Å². The zero-order valence-corrected chi connectivity index (χ0v) is 20.3. The fourth-order valence-corrected chi connectivity index (χ4v) is 4.14. The first kappa shape index (κ1) is 26.0. The Bertz CT molecular complexity index is 1050. The van der Waals surface area contributed by atoms with E-state index in [1.165, 1.54) is 6.92 Å². The van der Waals surface area contributed by atoms with Gasteiger partial charge in [0.25, 0.3) is 0 Å². The van der Waals surface area contributed by atoms with Gasteiger partial charge in [-0.1, -0.05) is 91.0 Å². The Morgan fingerprint density at radius 2 is 1.31 bits per heavy atom. The van der Waals surface area contributed by atoms with Gasteiger partial charge >= 0.3 is 0 Å². The van der Waals surface area contributed by atoms with Gasteiger partial charge in [-0.2, -0.15) is 0 Å². The molecule has 0 aromatic heterocycles. The molecule has 4 rings (SSSR count). The van der Waals surface area contributed by atoms with Crippen molar-refractivity contribution in [3.63, 3.8) is 0 Å². The lowest BCUT2D eigenvalue weighted by Crippen LogP contribution is -2.64. The van der Waals surface area contributed by atoms with Crippen molar-refractivity contribution in [2.45, 2.75) is 57.5 Å². The van der Waals surface area contributed by atoms with E-state index in [4.69, 9.17) is 18.9 Å². The minimum Gasteiger partial charge on any atom is -0.374 e. The molecule has 1 heterocycles. The largest absolute Gasteiger partial charge is 0.374 e. The van der Waals surface area contributed by atoms with Crippen molar-refractivity contribution in [2.75, 3.05) is 6.61 Å². The van der Waals surface area contributed by atoms with Gasteiger partial charge in [0.2, 0.25) is 5.91 Å². The molecule has 1 saturated heterocycles. The molecule has 7 heteroatoms. The van der Waals surface area contributed by atoms with Crippen LogP contribution in [0.15, 0.2) is 91.0 Å². The van der Waals surface area contributed by atoms with E-state index in [1.54, 1.807) is 0 Å². The Morgan fingerprint density at radius 1 is 0.806 bits per heavy atom. The zero-order valence-electron chi connectivity index (χ0n) is 20.3. The highest BCUT2D eigenvalue weighted by Crippen LogP contribution is 2.29. The highest BCUT2D eigenvalue weighted by Gasteiger charge is 2.48. The number of amides is 1. The van der Waals surface area contributed by atoms with E-state index in [0.29, 0.717) is 6.61 Å². The first-order valence-electron chi connectivity index (χ1n) is 12.1. The Kier molecular flexibility index (Phi) is 9.58. The molecule has 1 N–H and O–H groups in total. The smallest absolute Gasteiger partial charge is 0.217 e. The summed E-state index contributed by atoms with van der Waals surface area (Å²) >= 11 is 0. The van der Waals surface area contributed by atoms with Crippen LogP contribution >= 0.6 is 0 Å². The van der Waals surface area contributed by atoms with Gasteiger partial charge in [0.15, 0.2) is 12.5 Å². The van der Waals surface area contributed by atoms with Crippen LogP contribution in [0.4, 0.5) is 4.39 Å². The van der Waals surface area contributed by atoms with E-state index >= 15 is 4.39 Å². The van der Waals surface area contributed by atoms with E-state index in [9.17, 15) is 4.79 Å². The standard InChI is InChI=1S/C29H32FNO5/c1-21(32)31-27-28(34-18-23-13-7-3-8-14-23)26(30)25(20-33-17-22-11-5-2-6-12-22)36-29(27)35-19-24-15-9-4-10-16-24/h2-16,25-29H,17-20H2,1H3,(H,31,32)/t25-,26-,27+,28+,29+/m1/s1. The third kappa shape index (κ3) is 7.45. The molecule has 36 heavy (non-hydrogen) atoms. The average molecular weight is 494 g/mol. The van der Waals surface area contributed by atoms with Crippen molar-refractivity contribution >= 4 is 5.91 Å². The number of hydrogen-bond acceptors (Lipinski definition) is 5. The van der Waals surface area contributed by atoms with Crippen LogP contribution in [-0.4, -0.2) is 43.2 Å². The zero-order chi connectivity index (χ0) is 25.2. The highest BCUT2D eigenvalue weighted by molar-refractivity contribution is 5.73. The second-order valence-corrected chi connectivity index (χ2v) is 8.77. The molecule has 190 valence electrons. The Morgan fingerprint density at radius 3 is 1.83 bits per heavy atom. The summed E-state index contributed by atoms with van der Waals surface area (Å²) in [7, 11) is 0. The average Bonchev–Trinajstić information content (AvgIpc) is 2.90. The van der Waals surface area contributed by atoms with Crippen molar-refractivity contribution in [2.24, 2.45) is 0 Å². The minimum absolute atomic E-state index is 0.0131. The summed E-state index contributed by atoms with van der Waals surface area (Å²) in [5.74, 6) is -0.323. The molecule has 3 aromatic carbocycles. The second-order valence-electron chi connectivity index (χ2n) is 8.77. The lowest BCUT2D eigenvalue weighted by Gasteiger charge is -2.43. The fraction of sp³-hybridized carbons (Fsp3) is 0.345. The molecule has 6 nitrogen and oxygen atoms in total. The van der Waals surface area contributed by atoms with Crippen LogP contribution in [0.2, 0.25) is 0 Å². The summed E-state index contributed by atoms with van der Waals surface area (Å²) in [6.45, 7) is 2.14. The van der Waals surface area contributed by atoms with Gasteiger partial charge in [-0.05, 0) is 16.7 Å². The van der Waals surface area contributed by atoms with Crippen molar-refractivity contribution in [1.29, 1.82) is 0 Å². The first-order valence-corrected chi connectivity index (χ1v) is 12.1. The number of carbonyl (C=O) groups excluding carboxylic acids is 1. The molecule has 0 aliphatic carbocycles. The molecule has 1 fully saturated rings. The van der Waals surface area contributed by atoms with Crippen LogP contribution < -0.4 is 5.32 Å². The number of rotatable bonds is 11. The molecule has 1 amide bonds. The third-order valence-corrected chi connectivity index (χ3v) is 5.93. The van der Waals surface area contributed by atoms with Crippen LogP contribution in [0.5, 0.6) is 0 Å². The normalized spacial score (nSPS) is 23.8. The van der Waals surface area contributed by atoms with E-state index < -0.39 is 30.7 Å². The Hall–Kier alpha value is -3.10. The number of nitrogens with one attached hydrogen (secondary N) is 1. The van der Waals surface area contributed by atoms with Crippen LogP contribution in [0, 0.1) is 0 Å². The molecule has 5 atom stereocenters. The van der Waals surface area contributed by atoms with E-state index in [0.717, 1.165) is 16.7 Å². The fourth-order valence-electron chi connectivity index (χ4n) is 4.14. The Labute approximate surface area is 211 Å². The molecule has 3 aromatic rings. The van der Waals surface area contributed by atoms with Crippen LogP contribution in [-0.2, 0) is 43.6 Å². The number of carbonyl (C=O) groups is 1. The molecule has 1 aliphatic heterocycles. The van der Waals surface area contributed by atoms with Gasteiger partial charge in [-0.15, -0.1) is 0 Å². The van der Waals surface area contributed by atoms with Crippen LogP contribution in [0.1, 0.15) is 23.6 Å². The molecule has 0 radical (unpaired) electrons. The second kappa shape index (κ2) is 13.3.